The summed E-state index contributed by atoms with van der Waals surface area (Å²) in [6.07, 6.45) is 3.86. The SMILES string of the molecule is C=C1CCSCC(CC)C1. The highest BCUT2D eigenvalue weighted by atomic mass is 32.2. The van der Waals surface area contributed by atoms with Crippen LogP contribution in [-0.2, 0) is 0 Å². The third kappa shape index (κ3) is 2.37. The topological polar surface area (TPSA) is 0 Å². The molecule has 0 N–H and O–H groups in total. The molecule has 0 nitrogen and oxygen atoms in total. The lowest BCUT2D eigenvalue weighted by atomic mass is 9.99. The van der Waals surface area contributed by atoms with E-state index in [0.717, 1.165) is 5.92 Å². The molecular formula is C9H16S. The first-order chi connectivity index (χ1) is 4.83. The molecule has 1 heterocycles. The zero-order chi connectivity index (χ0) is 7.40. The molecule has 0 bridgehead atoms. The second-order valence-electron chi connectivity index (χ2n) is 3.05. The predicted molar refractivity (Wildman–Crippen MR) is 49.5 cm³/mol. The average Bonchev–Trinajstić information content (AvgIpc) is 2.13. The van der Waals surface area contributed by atoms with Crippen LogP contribution in [0.15, 0.2) is 12.2 Å². The summed E-state index contributed by atoms with van der Waals surface area (Å²) in [6.45, 7) is 6.34. The zero-order valence-electron chi connectivity index (χ0n) is 6.73. The molecule has 1 fully saturated rings. The van der Waals surface area contributed by atoms with Gasteiger partial charge in [-0.05, 0) is 30.3 Å². The van der Waals surface area contributed by atoms with E-state index in [9.17, 15) is 0 Å². The highest BCUT2D eigenvalue weighted by molar-refractivity contribution is 7.99. The minimum atomic E-state index is 0.917. The molecule has 0 amide bonds. The molecule has 58 valence electrons. The summed E-state index contributed by atoms with van der Waals surface area (Å²) in [6, 6.07) is 0. The maximum absolute atomic E-state index is 4.06. The summed E-state index contributed by atoms with van der Waals surface area (Å²) in [5, 5.41) is 0. The van der Waals surface area contributed by atoms with Gasteiger partial charge in [0, 0.05) is 0 Å². The fourth-order valence-corrected chi connectivity index (χ4v) is 2.58. The van der Waals surface area contributed by atoms with Crippen LogP contribution >= 0.6 is 11.8 Å². The molecule has 0 spiro atoms. The molecule has 1 aliphatic rings. The van der Waals surface area contributed by atoms with Gasteiger partial charge in [0.05, 0.1) is 0 Å². The standard InChI is InChI=1S/C9H16S/c1-3-9-6-8(2)4-5-10-7-9/h9H,2-7H2,1H3. The number of hydrogen-bond acceptors (Lipinski definition) is 1. The summed E-state index contributed by atoms with van der Waals surface area (Å²) < 4.78 is 0. The van der Waals surface area contributed by atoms with Crippen LogP contribution in [0, 0.1) is 5.92 Å². The van der Waals surface area contributed by atoms with Gasteiger partial charge >= 0.3 is 0 Å². The van der Waals surface area contributed by atoms with Gasteiger partial charge in [0.2, 0.25) is 0 Å². The second kappa shape index (κ2) is 4.07. The monoisotopic (exact) mass is 156 g/mol. The lowest BCUT2D eigenvalue weighted by Crippen LogP contribution is -2.00. The largest absolute Gasteiger partial charge is 0.161 e. The Balaban J connectivity index is 2.38. The first-order valence-electron chi connectivity index (χ1n) is 4.07. The Kier molecular flexibility index (Phi) is 3.33. The molecule has 0 saturated carbocycles. The smallest absolute Gasteiger partial charge is 0.00302 e. The van der Waals surface area contributed by atoms with Crippen LogP contribution in [0.3, 0.4) is 0 Å². The summed E-state index contributed by atoms with van der Waals surface area (Å²) in [4.78, 5) is 0. The molecule has 1 aliphatic heterocycles. The average molecular weight is 156 g/mol. The first-order valence-corrected chi connectivity index (χ1v) is 5.22. The summed E-state index contributed by atoms with van der Waals surface area (Å²) in [5.74, 6) is 3.57. The van der Waals surface area contributed by atoms with Gasteiger partial charge in [0.15, 0.2) is 0 Å². The Bertz CT molecular complexity index is 118. The van der Waals surface area contributed by atoms with E-state index in [4.69, 9.17) is 0 Å². The van der Waals surface area contributed by atoms with Crippen molar-refractivity contribution >= 4 is 11.8 Å². The van der Waals surface area contributed by atoms with Crippen molar-refractivity contribution in [3.05, 3.63) is 12.2 Å². The molecule has 0 aromatic heterocycles. The normalized spacial score (nSPS) is 28.1. The first kappa shape index (κ1) is 8.19. The van der Waals surface area contributed by atoms with Crippen LogP contribution in [0.5, 0.6) is 0 Å². The lowest BCUT2D eigenvalue weighted by Gasteiger charge is -2.09. The molecule has 0 aromatic rings. The van der Waals surface area contributed by atoms with Crippen LogP contribution in [-0.4, -0.2) is 11.5 Å². The van der Waals surface area contributed by atoms with Crippen molar-refractivity contribution in [2.45, 2.75) is 26.2 Å². The van der Waals surface area contributed by atoms with E-state index in [-0.39, 0.29) is 0 Å². The lowest BCUT2D eigenvalue weighted by molar-refractivity contribution is 0.567. The fourth-order valence-electron chi connectivity index (χ4n) is 1.30. The van der Waals surface area contributed by atoms with Gasteiger partial charge in [-0.1, -0.05) is 25.5 Å². The maximum Gasteiger partial charge on any atom is -0.00302 e. The number of allylic oxidation sites excluding steroid dienone is 1. The van der Waals surface area contributed by atoms with E-state index in [2.05, 4.69) is 25.3 Å². The summed E-state index contributed by atoms with van der Waals surface area (Å²) in [7, 11) is 0. The van der Waals surface area contributed by atoms with E-state index < -0.39 is 0 Å². The molecule has 1 heteroatoms. The third-order valence-corrected chi connectivity index (χ3v) is 3.31. The van der Waals surface area contributed by atoms with Crippen LogP contribution in [0.4, 0.5) is 0 Å². The predicted octanol–water partition coefficient (Wildman–Crippen LogP) is 3.10. The molecule has 0 aromatic carbocycles. The van der Waals surface area contributed by atoms with E-state index in [1.54, 1.807) is 0 Å². The van der Waals surface area contributed by atoms with E-state index in [0.29, 0.717) is 0 Å². The summed E-state index contributed by atoms with van der Waals surface area (Å²) >= 11 is 2.09. The molecule has 1 rings (SSSR count). The van der Waals surface area contributed by atoms with Crippen LogP contribution < -0.4 is 0 Å². The highest BCUT2D eigenvalue weighted by Gasteiger charge is 2.11. The fraction of sp³-hybridized carbons (Fsp3) is 0.778. The third-order valence-electron chi connectivity index (χ3n) is 2.11. The minimum Gasteiger partial charge on any atom is -0.161 e. The van der Waals surface area contributed by atoms with Crippen LogP contribution in [0.25, 0.3) is 0 Å². The molecule has 0 radical (unpaired) electrons. The van der Waals surface area contributed by atoms with Gasteiger partial charge in [0.1, 0.15) is 0 Å². The van der Waals surface area contributed by atoms with Gasteiger partial charge in [0.25, 0.3) is 0 Å². The van der Waals surface area contributed by atoms with Gasteiger partial charge in [-0.15, -0.1) is 0 Å². The van der Waals surface area contributed by atoms with Gasteiger partial charge < -0.3 is 0 Å². The highest BCUT2D eigenvalue weighted by Crippen LogP contribution is 2.26. The Hall–Kier alpha value is 0.0900. The Morgan fingerprint density at radius 1 is 1.70 bits per heavy atom. The molecule has 1 atom stereocenters. The van der Waals surface area contributed by atoms with Gasteiger partial charge in [-0.2, -0.15) is 11.8 Å². The molecular weight excluding hydrogens is 140 g/mol. The second-order valence-corrected chi connectivity index (χ2v) is 4.20. The van der Waals surface area contributed by atoms with Gasteiger partial charge in [-0.25, -0.2) is 0 Å². The quantitative estimate of drug-likeness (QED) is 0.526. The molecule has 1 unspecified atom stereocenters. The molecule has 0 aliphatic carbocycles. The Morgan fingerprint density at radius 2 is 2.50 bits per heavy atom. The van der Waals surface area contributed by atoms with Crippen LogP contribution in [0.2, 0.25) is 0 Å². The van der Waals surface area contributed by atoms with Crippen molar-refractivity contribution in [1.82, 2.24) is 0 Å². The number of rotatable bonds is 1. The van der Waals surface area contributed by atoms with Crippen molar-refractivity contribution in [1.29, 1.82) is 0 Å². The zero-order valence-corrected chi connectivity index (χ0v) is 7.54. The van der Waals surface area contributed by atoms with Gasteiger partial charge in [-0.3, -0.25) is 0 Å². The van der Waals surface area contributed by atoms with Crippen molar-refractivity contribution in [2.24, 2.45) is 5.92 Å². The van der Waals surface area contributed by atoms with E-state index >= 15 is 0 Å². The molecule has 1 saturated heterocycles. The maximum atomic E-state index is 4.06. The Labute approximate surface area is 68.1 Å². The van der Waals surface area contributed by atoms with E-state index in [1.165, 1.54) is 36.3 Å². The minimum absolute atomic E-state index is 0.917. The van der Waals surface area contributed by atoms with Crippen molar-refractivity contribution < 1.29 is 0 Å². The summed E-state index contributed by atoms with van der Waals surface area (Å²) in [5.41, 5.74) is 1.47. The van der Waals surface area contributed by atoms with Crippen LogP contribution in [0.1, 0.15) is 26.2 Å². The van der Waals surface area contributed by atoms with Crippen molar-refractivity contribution in [2.75, 3.05) is 11.5 Å². The van der Waals surface area contributed by atoms with Crippen molar-refractivity contribution in [3.63, 3.8) is 0 Å². The number of thioether (sulfide) groups is 1. The number of hydrogen-bond donors (Lipinski definition) is 0. The Morgan fingerprint density at radius 3 is 3.20 bits per heavy atom. The van der Waals surface area contributed by atoms with E-state index in [1.807, 2.05) is 0 Å². The van der Waals surface area contributed by atoms with Crippen molar-refractivity contribution in [3.8, 4) is 0 Å². The molecule has 10 heavy (non-hydrogen) atoms.